The summed E-state index contributed by atoms with van der Waals surface area (Å²) in [6.45, 7) is 8.95. The predicted octanol–water partition coefficient (Wildman–Crippen LogP) is 3.92. The molecule has 30 heavy (non-hydrogen) atoms. The van der Waals surface area contributed by atoms with E-state index in [0.29, 0.717) is 36.0 Å². The highest BCUT2D eigenvalue weighted by molar-refractivity contribution is 7.89. The first kappa shape index (κ1) is 22.3. The van der Waals surface area contributed by atoms with Crippen LogP contribution in [0.3, 0.4) is 0 Å². The van der Waals surface area contributed by atoms with Crippen LogP contribution in [-0.4, -0.2) is 26.2 Å². The van der Waals surface area contributed by atoms with Crippen molar-refractivity contribution in [1.82, 2.24) is 9.29 Å². The Labute approximate surface area is 180 Å². The van der Waals surface area contributed by atoms with Gasteiger partial charge in [0.25, 0.3) is 0 Å². The lowest BCUT2D eigenvalue weighted by Crippen LogP contribution is -2.27. The van der Waals surface area contributed by atoms with Gasteiger partial charge in [-0.25, -0.2) is 13.1 Å². The zero-order valence-corrected chi connectivity index (χ0v) is 19.1. The molecule has 0 radical (unpaired) electrons. The molecule has 1 aromatic heterocycles. The number of aromatic nitrogens is 1. The van der Waals surface area contributed by atoms with Gasteiger partial charge in [-0.2, -0.15) is 0 Å². The SMILES string of the molecule is CCOc1ccc([C@H](C)NS(=O)(=O)c2ccc3c(c2)sc(=O)n3CC)cc1OCC. The fourth-order valence-electron chi connectivity index (χ4n) is 3.22. The second-order valence-electron chi connectivity index (χ2n) is 6.66. The van der Waals surface area contributed by atoms with Crippen LogP contribution in [0.15, 0.2) is 46.1 Å². The minimum Gasteiger partial charge on any atom is -0.490 e. The van der Waals surface area contributed by atoms with Crippen molar-refractivity contribution in [3.8, 4) is 11.5 Å². The second kappa shape index (κ2) is 9.20. The third-order valence-corrected chi connectivity index (χ3v) is 7.15. The van der Waals surface area contributed by atoms with Gasteiger partial charge in [-0.3, -0.25) is 9.36 Å². The Hall–Kier alpha value is -2.36. The maximum atomic E-state index is 13.0. The summed E-state index contributed by atoms with van der Waals surface area (Å²) in [5.41, 5.74) is 1.50. The summed E-state index contributed by atoms with van der Waals surface area (Å²) in [7, 11) is -3.78. The molecule has 0 aliphatic carbocycles. The molecule has 1 atom stereocenters. The molecular formula is C21H26N2O5S2. The van der Waals surface area contributed by atoms with Crippen molar-refractivity contribution in [3.05, 3.63) is 51.6 Å². The van der Waals surface area contributed by atoms with Crippen LogP contribution in [0, 0.1) is 0 Å². The molecule has 3 rings (SSSR count). The van der Waals surface area contributed by atoms with Gasteiger partial charge in [-0.1, -0.05) is 17.4 Å². The van der Waals surface area contributed by atoms with Gasteiger partial charge in [0, 0.05) is 12.6 Å². The number of aryl methyl sites for hydroxylation is 1. The Balaban J connectivity index is 1.88. The van der Waals surface area contributed by atoms with Crippen molar-refractivity contribution in [2.45, 2.75) is 45.2 Å². The molecule has 0 aliphatic heterocycles. The summed E-state index contributed by atoms with van der Waals surface area (Å²) in [6.07, 6.45) is 0. The largest absolute Gasteiger partial charge is 0.490 e. The number of sulfonamides is 1. The van der Waals surface area contributed by atoms with Gasteiger partial charge in [-0.15, -0.1) is 0 Å². The van der Waals surface area contributed by atoms with Crippen molar-refractivity contribution in [1.29, 1.82) is 0 Å². The lowest BCUT2D eigenvalue weighted by Gasteiger charge is -2.17. The summed E-state index contributed by atoms with van der Waals surface area (Å²) in [4.78, 5) is 12.1. The fraction of sp³-hybridized carbons (Fsp3) is 0.381. The molecule has 9 heteroatoms. The Morgan fingerprint density at radius 2 is 1.73 bits per heavy atom. The van der Waals surface area contributed by atoms with E-state index in [-0.39, 0.29) is 9.77 Å². The number of ether oxygens (including phenoxy) is 2. The van der Waals surface area contributed by atoms with E-state index in [4.69, 9.17) is 9.47 Å². The highest BCUT2D eigenvalue weighted by atomic mass is 32.2. The van der Waals surface area contributed by atoms with Crippen molar-refractivity contribution in [3.63, 3.8) is 0 Å². The molecular weight excluding hydrogens is 424 g/mol. The van der Waals surface area contributed by atoms with E-state index in [1.54, 1.807) is 35.8 Å². The van der Waals surface area contributed by atoms with Crippen molar-refractivity contribution in [2.24, 2.45) is 0 Å². The van der Waals surface area contributed by atoms with E-state index in [9.17, 15) is 13.2 Å². The number of hydrogen-bond donors (Lipinski definition) is 1. The lowest BCUT2D eigenvalue weighted by atomic mass is 10.1. The molecule has 0 fully saturated rings. The molecule has 0 aliphatic rings. The second-order valence-corrected chi connectivity index (χ2v) is 9.36. The third-order valence-electron chi connectivity index (χ3n) is 4.67. The number of nitrogens with one attached hydrogen (secondary N) is 1. The molecule has 0 saturated heterocycles. The zero-order chi connectivity index (χ0) is 21.9. The van der Waals surface area contributed by atoms with Crippen LogP contribution < -0.4 is 19.1 Å². The van der Waals surface area contributed by atoms with Gasteiger partial charge in [0.2, 0.25) is 10.0 Å². The molecule has 0 spiro atoms. The summed E-state index contributed by atoms with van der Waals surface area (Å²) < 4.78 is 42.1. The molecule has 162 valence electrons. The molecule has 0 bridgehead atoms. The van der Waals surface area contributed by atoms with Gasteiger partial charge in [0.1, 0.15) is 0 Å². The number of fused-ring (bicyclic) bond motifs is 1. The number of thiazole rings is 1. The van der Waals surface area contributed by atoms with Crippen LogP contribution in [0.2, 0.25) is 0 Å². The number of rotatable bonds is 9. The molecule has 0 saturated carbocycles. The van der Waals surface area contributed by atoms with E-state index in [0.717, 1.165) is 22.4 Å². The minimum absolute atomic E-state index is 0.0961. The Morgan fingerprint density at radius 3 is 2.40 bits per heavy atom. The first-order chi connectivity index (χ1) is 14.3. The summed E-state index contributed by atoms with van der Waals surface area (Å²) in [6, 6.07) is 9.66. The molecule has 1 heterocycles. The van der Waals surface area contributed by atoms with E-state index < -0.39 is 16.1 Å². The number of benzene rings is 2. The van der Waals surface area contributed by atoms with E-state index in [2.05, 4.69) is 4.72 Å². The van der Waals surface area contributed by atoms with Gasteiger partial charge < -0.3 is 9.47 Å². The van der Waals surface area contributed by atoms with Crippen LogP contribution in [-0.2, 0) is 16.6 Å². The average molecular weight is 451 g/mol. The maximum absolute atomic E-state index is 13.0. The standard InChI is InChI=1S/C21H26N2O5S2/c1-5-23-17-10-9-16(13-20(17)29-21(23)24)30(25,26)22-14(4)15-8-11-18(27-6-2)19(12-15)28-7-3/h8-14,22H,5-7H2,1-4H3/t14-/m0/s1. The fourth-order valence-corrected chi connectivity index (χ4v) is 5.55. The van der Waals surface area contributed by atoms with Gasteiger partial charge in [0.05, 0.1) is 28.3 Å². The summed E-state index contributed by atoms with van der Waals surface area (Å²) in [5.74, 6) is 1.20. The molecule has 3 aromatic rings. The van der Waals surface area contributed by atoms with Gasteiger partial charge in [-0.05, 0) is 63.6 Å². The lowest BCUT2D eigenvalue weighted by molar-refractivity contribution is 0.287. The third kappa shape index (κ3) is 4.53. The van der Waals surface area contributed by atoms with Crippen LogP contribution in [0.25, 0.3) is 10.2 Å². The van der Waals surface area contributed by atoms with E-state index in [1.807, 2.05) is 26.8 Å². The van der Waals surface area contributed by atoms with Crippen molar-refractivity contribution >= 4 is 31.6 Å². The first-order valence-electron chi connectivity index (χ1n) is 9.86. The van der Waals surface area contributed by atoms with Gasteiger partial charge in [0.15, 0.2) is 11.5 Å². The summed E-state index contributed by atoms with van der Waals surface area (Å²) >= 11 is 1.05. The monoisotopic (exact) mass is 450 g/mol. The predicted molar refractivity (Wildman–Crippen MR) is 119 cm³/mol. The zero-order valence-electron chi connectivity index (χ0n) is 17.5. The van der Waals surface area contributed by atoms with Crippen molar-refractivity contribution in [2.75, 3.05) is 13.2 Å². The maximum Gasteiger partial charge on any atom is 0.308 e. The molecule has 2 aromatic carbocycles. The van der Waals surface area contributed by atoms with Crippen LogP contribution in [0.4, 0.5) is 0 Å². The minimum atomic E-state index is -3.78. The topological polar surface area (TPSA) is 86.6 Å². The Morgan fingerprint density at radius 1 is 1.03 bits per heavy atom. The molecule has 0 unspecified atom stereocenters. The Bertz CT molecular complexity index is 1200. The smallest absolute Gasteiger partial charge is 0.308 e. The number of hydrogen-bond acceptors (Lipinski definition) is 6. The first-order valence-corrected chi connectivity index (χ1v) is 12.2. The quantitative estimate of drug-likeness (QED) is 0.534. The summed E-state index contributed by atoms with van der Waals surface area (Å²) in [5, 5.41) is 0. The molecule has 0 amide bonds. The Kier molecular flexibility index (Phi) is 6.84. The van der Waals surface area contributed by atoms with E-state index >= 15 is 0 Å². The van der Waals surface area contributed by atoms with Crippen molar-refractivity contribution < 1.29 is 17.9 Å². The van der Waals surface area contributed by atoms with Crippen LogP contribution in [0.1, 0.15) is 39.3 Å². The van der Waals surface area contributed by atoms with Crippen LogP contribution in [0.5, 0.6) is 11.5 Å². The highest BCUT2D eigenvalue weighted by Gasteiger charge is 2.21. The van der Waals surface area contributed by atoms with E-state index in [1.165, 1.54) is 6.07 Å². The normalized spacial score (nSPS) is 12.8. The van der Waals surface area contributed by atoms with Gasteiger partial charge >= 0.3 is 4.87 Å². The number of nitrogens with zero attached hydrogens (tertiary/aromatic N) is 1. The highest BCUT2D eigenvalue weighted by Crippen LogP contribution is 2.31. The average Bonchev–Trinajstić information content (AvgIpc) is 3.03. The molecule has 1 N–H and O–H groups in total. The van der Waals surface area contributed by atoms with Crippen LogP contribution >= 0.6 is 11.3 Å². The molecule has 7 nitrogen and oxygen atoms in total.